The van der Waals surface area contributed by atoms with Gasteiger partial charge in [0, 0.05) is 6.92 Å². The molecule has 0 fully saturated rings. The van der Waals surface area contributed by atoms with E-state index in [1.807, 2.05) is 7.05 Å². The molecule has 0 rings (SSSR count). The van der Waals surface area contributed by atoms with Crippen molar-refractivity contribution < 1.29 is 9.53 Å². The second-order valence-corrected chi connectivity index (χ2v) is 2.15. The molecule has 1 N–H and O–H groups in total. The lowest BCUT2D eigenvalue weighted by Crippen LogP contribution is -2.09. The van der Waals surface area contributed by atoms with Gasteiger partial charge in [0.25, 0.3) is 0 Å². The van der Waals surface area contributed by atoms with Crippen molar-refractivity contribution in [1.82, 2.24) is 5.32 Å². The van der Waals surface area contributed by atoms with Crippen molar-refractivity contribution in [3.8, 4) is 0 Å². The third-order valence-electron chi connectivity index (χ3n) is 1.13. The Morgan fingerprint density at radius 1 is 1.45 bits per heavy atom. The van der Waals surface area contributed by atoms with Crippen LogP contribution in [-0.4, -0.2) is 26.2 Å². The van der Waals surface area contributed by atoms with Crippen molar-refractivity contribution in [3.05, 3.63) is 0 Å². The lowest BCUT2D eigenvalue weighted by molar-refractivity contribution is -0.141. The number of hydrogen-bond donors (Lipinski definition) is 1. The minimum Gasteiger partial charge on any atom is -0.466 e. The van der Waals surface area contributed by atoms with Gasteiger partial charge in [-0.3, -0.25) is 4.79 Å². The molecule has 0 saturated carbocycles. The number of rotatable bonds is 5. The second kappa shape index (κ2) is 9.72. The average molecular weight is 182 g/mol. The third-order valence-corrected chi connectivity index (χ3v) is 1.13. The van der Waals surface area contributed by atoms with Crippen LogP contribution in [0.15, 0.2) is 0 Å². The molecule has 4 heteroatoms. The van der Waals surface area contributed by atoms with Crippen LogP contribution in [0.2, 0.25) is 0 Å². The summed E-state index contributed by atoms with van der Waals surface area (Å²) in [7, 11) is 1.91. The molecule has 11 heavy (non-hydrogen) atoms. The van der Waals surface area contributed by atoms with Gasteiger partial charge in [-0.1, -0.05) is 0 Å². The molecule has 0 radical (unpaired) electrons. The molecular formula is C7H16ClNO2. The summed E-state index contributed by atoms with van der Waals surface area (Å²) in [5.74, 6) is -0.190. The Bertz CT molecular complexity index is 98.4. The van der Waals surface area contributed by atoms with Gasteiger partial charge in [-0.2, -0.15) is 0 Å². The van der Waals surface area contributed by atoms with Crippen molar-refractivity contribution in [2.75, 3.05) is 20.2 Å². The molecule has 0 amide bonds. The Morgan fingerprint density at radius 2 is 2.09 bits per heavy atom. The molecule has 0 aromatic rings. The van der Waals surface area contributed by atoms with Crippen molar-refractivity contribution in [2.45, 2.75) is 19.8 Å². The van der Waals surface area contributed by atoms with Gasteiger partial charge in [0.1, 0.15) is 0 Å². The monoisotopic (exact) mass is 181 g/mol. The SMILES string of the molecule is CNCCCCOC(C)=O.Cl. The van der Waals surface area contributed by atoms with Crippen LogP contribution in [0.5, 0.6) is 0 Å². The van der Waals surface area contributed by atoms with E-state index in [2.05, 4.69) is 5.32 Å². The van der Waals surface area contributed by atoms with E-state index in [0.29, 0.717) is 6.61 Å². The first-order valence-electron chi connectivity index (χ1n) is 3.55. The minimum absolute atomic E-state index is 0. The summed E-state index contributed by atoms with van der Waals surface area (Å²) >= 11 is 0. The Labute approximate surface area is 73.9 Å². The summed E-state index contributed by atoms with van der Waals surface area (Å²) < 4.78 is 4.72. The summed E-state index contributed by atoms with van der Waals surface area (Å²) in [5, 5.41) is 3.02. The number of carbonyl (C=O) groups is 1. The van der Waals surface area contributed by atoms with Crippen LogP contribution in [0.3, 0.4) is 0 Å². The zero-order chi connectivity index (χ0) is 7.82. The molecule has 0 aromatic carbocycles. The Kier molecular flexibility index (Phi) is 11.8. The van der Waals surface area contributed by atoms with Crippen LogP contribution in [-0.2, 0) is 9.53 Å². The van der Waals surface area contributed by atoms with Gasteiger partial charge in [-0.15, -0.1) is 12.4 Å². The van der Waals surface area contributed by atoms with Crippen molar-refractivity contribution >= 4 is 18.4 Å². The molecule has 0 bridgehead atoms. The number of carbonyl (C=O) groups excluding carboxylic acids is 1. The van der Waals surface area contributed by atoms with Crippen LogP contribution in [0.1, 0.15) is 19.8 Å². The number of hydrogen-bond acceptors (Lipinski definition) is 3. The largest absolute Gasteiger partial charge is 0.466 e. The minimum atomic E-state index is -0.190. The molecule has 0 aromatic heterocycles. The van der Waals surface area contributed by atoms with E-state index in [0.717, 1.165) is 19.4 Å². The molecule has 0 unspecified atom stereocenters. The molecule has 0 aliphatic heterocycles. The van der Waals surface area contributed by atoms with Gasteiger partial charge >= 0.3 is 5.97 Å². The first-order chi connectivity index (χ1) is 4.77. The fraction of sp³-hybridized carbons (Fsp3) is 0.857. The standard InChI is InChI=1S/C7H15NO2.ClH/c1-7(9)10-6-4-3-5-8-2;/h8H,3-6H2,1-2H3;1H. The maximum atomic E-state index is 10.2. The van der Waals surface area contributed by atoms with Gasteiger partial charge in [-0.25, -0.2) is 0 Å². The molecule has 3 nitrogen and oxygen atoms in total. The Hall–Kier alpha value is -0.280. The van der Waals surface area contributed by atoms with Gasteiger partial charge < -0.3 is 10.1 Å². The Morgan fingerprint density at radius 3 is 2.55 bits per heavy atom. The number of esters is 1. The first kappa shape index (κ1) is 13.3. The quantitative estimate of drug-likeness (QED) is 0.508. The Balaban J connectivity index is 0. The predicted octanol–water partition coefficient (Wildman–Crippen LogP) is 0.971. The highest BCUT2D eigenvalue weighted by atomic mass is 35.5. The fourth-order valence-corrected chi connectivity index (χ4v) is 0.620. The van der Waals surface area contributed by atoms with E-state index in [9.17, 15) is 4.79 Å². The first-order valence-corrected chi connectivity index (χ1v) is 3.55. The second-order valence-electron chi connectivity index (χ2n) is 2.15. The molecule has 0 atom stereocenters. The maximum absolute atomic E-state index is 10.2. The van der Waals surface area contributed by atoms with Gasteiger partial charge in [0.05, 0.1) is 6.61 Å². The molecule has 0 spiro atoms. The molecule has 0 aliphatic rings. The van der Waals surface area contributed by atoms with Crippen LogP contribution in [0.25, 0.3) is 0 Å². The number of nitrogens with one attached hydrogen (secondary N) is 1. The normalized spacial score (nSPS) is 8.55. The lowest BCUT2D eigenvalue weighted by atomic mass is 10.3. The third kappa shape index (κ3) is 12.8. The summed E-state index contributed by atoms with van der Waals surface area (Å²) in [6, 6.07) is 0. The van der Waals surface area contributed by atoms with E-state index in [1.165, 1.54) is 6.92 Å². The summed E-state index contributed by atoms with van der Waals surface area (Å²) in [4.78, 5) is 10.2. The summed E-state index contributed by atoms with van der Waals surface area (Å²) in [6.07, 6.45) is 2.00. The van der Waals surface area contributed by atoms with Crippen molar-refractivity contribution in [1.29, 1.82) is 0 Å². The van der Waals surface area contributed by atoms with E-state index in [1.54, 1.807) is 0 Å². The van der Waals surface area contributed by atoms with Crippen LogP contribution in [0, 0.1) is 0 Å². The van der Waals surface area contributed by atoms with E-state index >= 15 is 0 Å². The molecule has 68 valence electrons. The average Bonchev–Trinajstić information content (AvgIpc) is 1.87. The van der Waals surface area contributed by atoms with Crippen LogP contribution < -0.4 is 5.32 Å². The molecule has 0 aliphatic carbocycles. The highest BCUT2D eigenvalue weighted by Crippen LogP contribution is 1.87. The zero-order valence-corrected chi connectivity index (χ0v) is 7.87. The number of halogens is 1. The van der Waals surface area contributed by atoms with Crippen LogP contribution >= 0.6 is 12.4 Å². The van der Waals surface area contributed by atoms with Crippen molar-refractivity contribution in [2.24, 2.45) is 0 Å². The van der Waals surface area contributed by atoms with Crippen LogP contribution in [0.4, 0.5) is 0 Å². The number of unbranched alkanes of at least 4 members (excludes halogenated alkanes) is 1. The smallest absolute Gasteiger partial charge is 0.302 e. The topological polar surface area (TPSA) is 38.3 Å². The van der Waals surface area contributed by atoms with E-state index in [4.69, 9.17) is 4.74 Å². The molecule has 0 saturated heterocycles. The van der Waals surface area contributed by atoms with Gasteiger partial charge in [0.15, 0.2) is 0 Å². The number of ether oxygens (including phenoxy) is 1. The van der Waals surface area contributed by atoms with Gasteiger partial charge in [0.2, 0.25) is 0 Å². The zero-order valence-electron chi connectivity index (χ0n) is 7.05. The van der Waals surface area contributed by atoms with E-state index in [-0.39, 0.29) is 18.4 Å². The fourth-order valence-electron chi connectivity index (χ4n) is 0.620. The highest BCUT2D eigenvalue weighted by Gasteiger charge is 1.90. The summed E-state index contributed by atoms with van der Waals surface area (Å²) in [6.45, 7) is 2.97. The maximum Gasteiger partial charge on any atom is 0.302 e. The lowest BCUT2D eigenvalue weighted by Gasteiger charge is -2.00. The molecular weight excluding hydrogens is 166 g/mol. The van der Waals surface area contributed by atoms with E-state index < -0.39 is 0 Å². The highest BCUT2D eigenvalue weighted by molar-refractivity contribution is 5.85. The predicted molar refractivity (Wildman–Crippen MR) is 47.0 cm³/mol. The van der Waals surface area contributed by atoms with Gasteiger partial charge in [-0.05, 0) is 26.4 Å². The summed E-state index contributed by atoms with van der Waals surface area (Å²) in [5.41, 5.74) is 0. The molecule has 0 heterocycles. The van der Waals surface area contributed by atoms with Crippen molar-refractivity contribution in [3.63, 3.8) is 0 Å².